The summed E-state index contributed by atoms with van der Waals surface area (Å²) in [7, 11) is 0.718. The molecule has 0 heterocycles. The number of hydrogen-bond donors (Lipinski definition) is 0. The van der Waals surface area contributed by atoms with E-state index in [0.717, 1.165) is 0 Å². The molecule has 0 spiro atoms. The van der Waals surface area contributed by atoms with E-state index in [2.05, 4.69) is 30.7 Å². The molecule has 0 unspecified atom stereocenters. The molecule has 0 atom stereocenters. The second-order valence-electron chi connectivity index (χ2n) is 2.55. The van der Waals surface area contributed by atoms with Gasteiger partial charge in [0.05, 0.1) is 0 Å². The molecule has 0 saturated heterocycles. The summed E-state index contributed by atoms with van der Waals surface area (Å²) >= 11 is 0. The van der Waals surface area contributed by atoms with E-state index in [-0.39, 0.29) is 0 Å². The van der Waals surface area contributed by atoms with E-state index in [1.807, 2.05) is 0 Å². The molecular formula is C5H11Si2. The molecule has 1 radical (unpaired) electrons. The maximum Gasteiger partial charge on any atom is 0.128 e. The van der Waals surface area contributed by atoms with Crippen LogP contribution in [0, 0.1) is 11.1 Å². The van der Waals surface area contributed by atoms with E-state index in [1.54, 1.807) is 10.2 Å². The fourth-order valence-electron chi connectivity index (χ4n) is 0.265. The van der Waals surface area contributed by atoms with Crippen molar-refractivity contribution in [3.8, 4) is 11.1 Å². The minimum absolute atomic E-state index is 1.01. The molecule has 0 aliphatic rings. The third-order valence-corrected chi connectivity index (χ3v) is 1.92. The van der Waals surface area contributed by atoms with E-state index >= 15 is 0 Å². The Balaban J connectivity index is 3.72. The molecule has 0 amide bonds. The van der Waals surface area contributed by atoms with Gasteiger partial charge in [0.15, 0.2) is 0 Å². The zero-order valence-electron chi connectivity index (χ0n) is 5.21. The van der Waals surface area contributed by atoms with Crippen molar-refractivity contribution in [2.45, 2.75) is 19.6 Å². The summed E-state index contributed by atoms with van der Waals surface area (Å²) in [5.74, 6) is 0. The van der Waals surface area contributed by atoms with Crippen LogP contribution >= 0.6 is 0 Å². The van der Waals surface area contributed by atoms with Crippen LogP contribution in [0.2, 0.25) is 19.6 Å². The first kappa shape index (κ1) is 6.99. The molecule has 0 rings (SSSR count). The van der Waals surface area contributed by atoms with Crippen LogP contribution in [0.1, 0.15) is 0 Å². The highest BCUT2D eigenvalue weighted by molar-refractivity contribution is 6.84. The average molecular weight is 127 g/mol. The van der Waals surface area contributed by atoms with Crippen LogP contribution in [0.25, 0.3) is 0 Å². The minimum Gasteiger partial charge on any atom is -0.149 e. The maximum atomic E-state index is 3.19. The Morgan fingerprint density at radius 2 is 1.71 bits per heavy atom. The number of hydrogen-bond acceptors (Lipinski definition) is 0. The maximum absolute atomic E-state index is 3.19. The van der Waals surface area contributed by atoms with Crippen molar-refractivity contribution in [1.82, 2.24) is 0 Å². The summed E-state index contributed by atoms with van der Waals surface area (Å²) in [5.41, 5.74) is 6.13. The predicted molar refractivity (Wildman–Crippen MR) is 39.7 cm³/mol. The molecule has 0 aromatic heterocycles. The zero-order valence-corrected chi connectivity index (χ0v) is 7.62. The molecule has 0 aliphatic carbocycles. The minimum atomic E-state index is -1.01. The van der Waals surface area contributed by atoms with E-state index < -0.39 is 8.07 Å². The molecule has 0 nitrogen and oxygen atoms in total. The summed E-state index contributed by atoms with van der Waals surface area (Å²) in [6.07, 6.45) is 0. The van der Waals surface area contributed by atoms with Crippen LogP contribution in [0.3, 0.4) is 0 Å². The van der Waals surface area contributed by atoms with Crippen LogP contribution in [0.5, 0.6) is 0 Å². The topological polar surface area (TPSA) is 0 Å². The largest absolute Gasteiger partial charge is 0.149 e. The van der Waals surface area contributed by atoms with Crippen molar-refractivity contribution in [2.24, 2.45) is 0 Å². The quantitative estimate of drug-likeness (QED) is 0.327. The third-order valence-electron chi connectivity index (χ3n) is 0.463. The van der Waals surface area contributed by atoms with Crippen molar-refractivity contribution in [2.75, 3.05) is 0 Å². The highest BCUT2D eigenvalue weighted by Crippen LogP contribution is 1.94. The molecule has 0 bridgehead atoms. The predicted octanol–water partition coefficient (Wildman–Crippen LogP) is 0.458. The van der Waals surface area contributed by atoms with Crippen LogP contribution in [0.4, 0.5) is 0 Å². The lowest BCUT2D eigenvalue weighted by Gasteiger charge is -2.01. The standard InChI is InChI=1S/C5H11Si2/c1-7(2,3)5-4-6/h6H2,1-3H3. The Bertz CT molecular complexity index is 99.5. The lowest BCUT2D eigenvalue weighted by Crippen LogP contribution is -2.16. The van der Waals surface area contributed by atoms with E-state index in [4.69, 9.17) is 0 Å². The van der Waals surface area contributed by atoms with Gasteiger partial charge in [0.25, 0.3) is 0 Å². The lowest BCUT2D eigenvalue weighted by molar-refractivity contribution is 1.82. The van der Waals surface area contributed by atoms with Gasteiger partial charge >= 0.3 is 0 Å². The van der Waals surface area contributed by atoms with Gasteiger partial charge in [-0.05, 0) is 0 Å². The van der Waals surface area contributed by atoms with Crippen LogP contribution < -0.4 is 0 Å². The van der Waals surface area contributed by atoms with E-state index in [9.17, 15) is 0 Å². The van der Waals surface area contributed by atoms with Crippen LogP contribution in [-0.4, -0.2) is 18.3 Å². The van der Waals surface area contributed by atoms with Crippen molar-refractivity contribution < 1.29 is 0 Å². The van der Waals surface area contributed by atoms with Gasteiger partial charge in [0.2, 0.25) is 0 Å². The van der Waals surface area contributed by atoms with Crippen molar-refractivity contribution in [3.05, 3.63) is 0 Å². The van der Waals surface area contributed by atoms with E-state index in [1.165, 1.54) is 0 Å². The first-order valence-electron chi connectivity index (χ1n) is 2.35. The SMILES string of the molecule is C[Si](C)(C)C#C[SiH2]. The second kappa shape index (κ2) is 2.34. The Morgan fingerprint density at radius 1 is 1.29 bits per heavy atom. The van der Waals surface area contributed by atoms with E-state index in [0.29, 0.717) is 0 Å². The first-order chi connectivity index (χ1) is 3.06. The zero-order chi connectivity index (χ0) is 5.91. The Morgan fingerprint density at radius 3 is 1.71 bits per heavy atom. The van der Waals surface area contributed by atoms with Gasteiger partial charge in [0, 0.05) is 0 Å². The van der Waals surface area contributed by atoms with Gasteiger partial charge in [-0.2, -0.15) is 0 Å². The lowest BCUT2D eigenvalue weighted by atomic mass is 11.4. The monoisotopic (exact) mass is 127 g/mol. The molecule has 0 saturated carbocycles. The molecule has 0 fully saturated rings. The summed E-state index contributed by atoms with van der Waals surface area (Å²) in [5, 5.41) is 0. The van der Waals surface area contributed by atoms with Crippen LogP contribution in [0.15, 0.2) is 0 Å². The Kier molecular flexibility index (Phi) is 2.34. The molecule has 0 aromatic rings. The molecule has 7 heavy (non-hydrogen) atoms. The molecule has 39 valence electrons. The van der Waals surface area contributed by atoms with Crippen LogP contribution in [-0.2, 0) is 0 Å². The smallest absolute Gasteiger partial charge is 0.128 e. The van der Waals surface area contributed by atoms with Crippen molar-refractivity contribution in [3.63, 3.8) is 0 Å². The molecule has 2 heteroatoms. The van der Waals surface area contributed by atoms with Gasteiger partial charge in [0.1, 0.15) is 18.3 Å². The summed E-state index contributed by atoms with van der Waals surface area (Å²) in [6.45, 7) is 6.73. The van der Waals surface area contributed by atoms with Gasteiger partial charge in [-0.3, -0.25) is 0 Å². The normalized spacial score (nSPS) is 9.71. The average Bonchev–Trinajstić information content (AvgIpc) is 1.30. The molecule has 0 aromatic carbocycles. The van der Waals surface area contributed by atoms with Gasteiger partial charge < -0.3 is 0 Å². The molecule has 0 N–H and O–H groups in total. The fourth-order valence-corrected chi connectivity index (χ4v) is 2.39. The van der Waals surface area contributed by atoms with Crippen molar-refractivity contribution >= 4 is 18.3 Å². The Labute approximate surface area is 49.8 Å². The first-order valence-corrected chi connectivity index (χ1v) is 6.56. The summed E-state index contributed by atoms with van der Waals surface area (Å²) < 4.78 is 0. The second-order valence-corrected chi connectivity index (χ2v) is 7.66. The summed E-state index contributed by atoms with van der Waals surface area (Å²) in [6, 6.07) is 0. The fraction of sp³-hybridized carbons (Fsp3) is 0.600. The van der Waals surface area contributed by atoms with Gasteiger partial charge in [-0.15, -0.1) is 11.1 Å². The van der Waals surface area contributed by atoms with Crippen molar-refractivity contribution in [1.29, 1.82) is 0 Å². The highest BCUT2D eigenvalue weighted by Gasteiger charge is 2.05. The molecule has 0 aliphatic heterocycles. The number of rotatable bonds is 0. The third kappa shape index (κ3) is 5.99. The highest BCUT2D eigenvalue weighted by atomic mass is 28.3. The molecular weight excluding hydrogens is 116 g/mol. The summed E-state index contributed by atoms with van der Waals surface area (Å²) in [4.78, 5) is 0. The van der Waals surface area contributed by atoms with Gasteiger partial charge in [-0.1, -0.05) is 19.6 Å². The van der Waals surface area contributed by atoms with Gasteiger partial charge in [-0.25, -0.2) is 0 Å². The Hall–Kier alpha value is -0.00623.